The molecular formula is C140H108N4O4. The number of nitrogens with zero attached hydrogens (tertiary/aromatic N) is 4. The molecule has 4 spiro atoms. The molecule has 8 heteroatoms. The zero-order valence-corrected chi connectivity index (χ0v) is 84.5. The molecule has 4 aliphatic carbocycles. The monoisotopic (exact) mass is 1910 g/mol. The number of anilines is 12. The lowest BCUT2D eigenvalue weighted by Crippen LogP contribution is -2.42. The van der Waals surface area contributed by atoms with E-state index in [-0.39, 0.29) is 34.0 Å². The van der Waals surface area contributed by atoms with Crippen LogP contribution in [0.15, 0.2) is 473 Å². The lowest BCUT2D eigenvalue weighted by atomic mass is 9.57. The van der Waals surface area contributed by atoms with E-state index in [1.54, 1.807) is 0 Å². The molecule has 0 bridgehead atoms. The van der Waals surface area contributed by atoms with Gasteiger partial charge in [0.15, 0.2) is 23.1 Å². The molecule has 4 heterocycles. The van der Waals surface area contributed by atoms with Crippen LogP contribution >= 0.6 is 0 Å². The molecule has 148 heavy (non-hydrogen) atoms. The maximum Gasteiger partial charge on any atom is 0.193 e. The van der Waals surface area contributed by atoms with Crippen LogP contribution in [0, 0.1) is 27.7 Å². The molecule has 0 amide bonds. The molecule has 20 aromatic rings. The minimum atomic E-state index is -0.639. The Labute approximate surface area is 865 Å². The summed E-state index contributed by atoms with van der Waals surface area (Å²) in [5, 5.41) is 0. The molecule has 0 N–H and O–H groups in total. The first kappa shape index (κ1) is 91.5. The Morgan fingerprint density at radius 1 is 0.155 bits per heavy atom. The highest BCUT2D eigenvalue weighted by atomic mass is 16.1. The molecule has 8 aliphatic rings. The zero-order chi connectivity index (χ0) is 101. The second-order valence-electron chi connectivity index (χ2n) is 42.4. The number of ketones is 4. The molecule has 0 saturated heterocycles. The third-order valence-electron chi connectivity index (χ3n) is 32.0. The summed E-state index contributed by atoms with van der Waals surface area (Å²) in [5.74, 6) is 0.392. The normalized spacial score (nSPS) is 15.4. The Bertz CT molecular complexity index is 8660. The van der Waals surface area contributed by atoms with Gasteiger partial charge in [0.05, 0.1) is 67.2 Å². The average molecular weight is 1910 g/mol. The number of benzene rings is 20. The predicted octanol–water partition coefficient (Wildman–Crippen LogP) is 33.4. The molecule has 1 atom stereocenters. The van der Waals surface area contributed by atoms with Crippen molar-refractivity contribution in [3.63, 3.8) is 0 Å². The van der Waals surface area contributed by atoms with Gasteiger partial charge in [-0.15, -0.1) is 0 Å². The number of carbonyl (C=O) groups is 4. The van der Waals surface area contributed by atoms with Gasteiger partial charge in [0, 0.05) is 67.3 Å². The molecule has 0 saturated carbocycles. The maximum atomic E-state index is 14.1. The van der Waals surface area contributed by atoms with Crippen molar-refractivity contribution in [3.8, 4) is 0 Å². The molecule has 0 fully saturated rings. The van der Waals surface area contributed by atoms with E-state index in [9.17, 15) is 19.2 Å². The van der Waals surface area contributed by atoms with Gasteiger partial charge in [-0.2, -0.15) is 0 Å². The number of rotatable bonds is 4. The van der Waals surface area contributed by atoms with E-state index in [0.29, 0.717) is 0 Å². The fourth-order valence-electron chi connectivity index (χ4n) is 25.5. The van der Waals surface area contributed by atoms with Crippen molar-refractivity contribution >= 4 is 91.4 Å². The van der Waals surface area contributed by atoms with Crippen molar-refractivity contribution < 1.29 is 19.2 Å². The molecule has 1 unspecified atom stereocenters. The SMILES string of the molecule is CC(C)(C)c1ccc2c(c1)C1(c3ccccc3C2=O)c2ccccc2N(c2ccccc2)c2ccccc21.Cc1ccc(N2c3ccccc3C3(c4ccccc4C(=O)c4ccc(C(C)(C)C)cc43)c3cc(C)ccc32)cc1.Cc1ccc(N2c3ccccc3C3(c4ccccc4C(=O)c4ccccc43)c3cc(C)ccc32)cc1.O=C1c2ccccc2C2(c3ccccc31)c1ccccc1N(c1ccccc1)c1ccccc12. The van der Waals surface area contributed by atoms with Gasteiger partial charge in [-0.05, 0) is 236 Å². The van der Waals surface area contributed by atoms with Gasteiger partial charge in [-0.3, -0.25) is 19.2 Å². The number of hydrogen-bond acceptors (Lipinski definition) is 8. The Morgan fingerprint density at radius 3 is 0.588 bits per heavy atom. The van der Waals surface area contributed by atoms with Gasteiger partial charge in [0.2, 0.25) is 0 Å². The highest BCUT2D eigenvalue weighted by Gasteiger charge is 2.58. The summed E-state index contributed by atoms with van der Waals surface area (Å²) >= 11 is 0. The van der Waals surface area contributed by atoms with Gasteiger partial charge >= 0.3 is 0 Å². The molecular weight excluding hydrogens is 1800 g/mol. The smallest absolute Gasteiger partial charge is 0.193 e. The highest BCUT2D eigenvalue weighted by Crippen LogP contribution is 2.67. The van der Waals surface area contributed by atoms with E-state index >= 15 is 0 Å². The van der Waals surface area contributed by atoms with Crippen molar-refractivity contribution in [1.82, 2.24) is 0 Å². The molecule has 712 valence electrons. The first-order chi connectivity index (χ1) is 72.0. The second-order valence-corrected chi connectivity index (χ2v) is 42.4. The van der Waals surface area contributed by atoms with E-state index in [1.807, 2.05) is 78.9 Å². The maximum absolute atomic E-state index is 14.1. The Kier molecular flexibility index (Phi) is 21.7. The van der Waals surface area contributed by atoms with Crippen LogP contribution in [-0.4, -0.2) is 23.1 Å². The van der Waals surface area contributed by atoms with Gasteiger partial charge in [0.25, 0.3) is 0 Å². The van der Waals surface area contributed by atoms with Crippen LogP contribution in [0.4, 0.5) is 68.2 Å². The van der Waals surface area contributed by atoms with E-state index in [2.05, 4.69) is 483 Å². The molecule has 0 radical (unpaired) electrons. The first-order valence-corrected chi connectivity index (χ1v) is 51.3. The van der Waals surface area contributed by atoms with Crippen molar-refractivity contribution in [1.29, 1.82) is 0 Å². The highest BCUT2D eigenvalue weighted by molar-refractivity contribution is 6.19. The van der Waals surface area contributed by atoms with Crippen molar-refractivity contribution in [2.24, 2.45) is 0 Å². The van der Waals surface area contributed by atoms with Crippen LogP contribution in [0.2, 0.25) is 0 Å². The third-order valence-corrected chi connectivity index (χ3v) is 32.0. The van der Waals surface area contributed by atoms with E-state index in [4.69, 9.17) is 0 Å². The summed E-state index contributed by atoms with van der Waals surface area (Å²) < 4.78 is 0. The summed E-state index contributed by atoms with van der Waals surface area (Å²) in [5.41, 5.74) is 42.6. The third kappa shape index (κ3) is 13.6. The lowest BCUT2D eigenvalue weighted by molar-refractivity contribution is 0.102. The Hall–Kier alpha value is -17.7. The van der Waals surface area contributed by atoms with Crippen molar-refractivity contribution in [3.05, 3.63) is 640 Å². The molecule has 0 aromatic heterocycles. The lowest BCUT2D eigenvalue weighted by Gasteiger charge is -2.49. The topological polar surface area (TPSA) is 81.2 Å². The molecule has 28 rings (SSSR count). The van der Waals surface area contributed by atoms with E-state index < -0.39 is 21.7 Å². The number of carbonyl (C=O) groups excluding carboxylic acids is 4. The molecule has 8 nitrogen and oxygen atoms in total. The van der Waals surface area contributed by atoms with Gasteiger partial charge in [-0.25, -0.2) is 0 Å². The van der Waals surface area contributed by atoms with Crippen molar-refractivity contribution in [2.45, 2.75) is 102 Å². The van der Waals surface area contributed by atoms with Crippen LogP contribution in [0.25, 0.3) is 0 Å². The van der Waals surface area contributed by atoms with E-state index in [0.717, 1.165) is 157 Å². The number of para-hydroxylation sites is 8. The fourth-order valence-corrected chi connectivity index (χ4v) is 25.5. The quantitative estimate of drug-likeness (QED) is 0.172. The standard InChI is InChI=1S/C38H33NO.C36H29NO.C34H25NO.C32H21NO/c1-24-14-18-27(19-15-24)39-34-13-9-8-12-31(34)38(33-22-25(2)16-21-35(33)39)30-11-7-6-10-28(30)36(40)29-20-17-26(23-32(29)38)37(3,4)5;1-35(2,3)24-21-22-27-31(23-24)36(28-16-8-7-15-26(28)34(27)38)29-17-9-11-19-32(29)37(25-13-5-4-6-14-25)33-20-12-10-18-30(33)36;1-22-15-18-24(19-16-22)35-31-14-8-7-13-29(31)34(30-21-23(2)17-20-32(30)35)27-11-5-3-9-25(27)33(36)26-10-4-6-12-28(26)34;34-31-23-14-4-6-16-25(23)32(26-17-7-5-15-24(26)31)27-18-8-10-20-29(27)33(22-12-2-1-3-13-22)30-21-11-9-19-28(30)32/h6-23H,1-5H3;4-23H,1-3H3;3-21H,1-2H3;1-21H. The minimum Gasteiger partial charge on any atom is -0.310 e. The summed E-state index contributed by atoms with van der Waals surface area (Å²) in [6, 6.07) is 166. The van der Waals surface area contributed by atoms with Gasteiger partial charge in [-0.1, -0.05) is 440 Å². The van der Waals surface area contributed by atoms with Crippen LogP contribution in [0.3, 0.4) is 0 Å². The Balaban J connectivity index is 0.000000103. The minimum absolute atomic E-state index is 0.0555. The predicted molar refractivity (Wildman–Crippen MR) is 602 cm³/mol. The van der Waals surface area contributed by atoms with Crippen LogP contribution in [0.1, 0.15) is 228 Å². The molecule has 20 aromatic carbocycles. The number of hydrogen-bond donors (Lipinski definition) is 0. The van der Waals surface area contributed by atoms with Crippen molar-refractivity contribution in [2.75, 3.05) is 19.6 Å². The molecule has 4 aliphatic heterocycles. The second kappa shape index (κ2) is 35.1. The van der Waals surface area contributed by atoms with E-state index in [1.165, 1.54) is 77.9 Å². The van der Waals surface area contributed by atoms with Gasteiger partial charge < -0.3 is 19.6 Å². The summed E-state index contributed by atoms with van der Waals surface area (Å²) in [7, 11) is 0. The number of aryl methyl sites for hydroxylation is 4. The Morgan fingerprint density at radius 2 is 0.338 bits per heavy atom. The average Bonchev–Trinajstić information content (AvgIpc) is 0.686. The van der Waals surface area contributed by atoms with Crippen LogP contribution in [-0.2, 0) is 32.5 Å². The largest absolute Gasteiger partial charge is 0.310 e. The number of fused-ring (bicyclic) bond motifs is 32. The summed E-state index contributed by atoms with van der Waals surface area (Å²) in [6.07, 6.45) is 0. The summed E-state index contributed by atoms with van der Waals surface area (Å²) in [6.45, 7) is 22.0. The zero-order valence-electron chi connectivity index (χ0n) is 84.5. The van der Waals surface area contributed by atoms with Gasteiger partial charge in [0.1, 0.15) is 0 Å². The van der Waals surface area contributed by atoms with Crippen LogP contribution < -0.4 is 19.6 Å². The fraction of sp³-hybridized carbons (Fsp3) is 0.114. The van der Waals surface area contributed by atoms with Crippen LogP contribution in [0.5, 0.6) is 0 Å². The summed E-state index contributed by atoms with van der Waals surface area (Å²) in [4.78, 5) is 64.9. The first-order valence-electron chi connectivity index (χ1n) is 51.3.